The second-order valence-electron chi connectivity index (χ2n) is 8.57. The molecule has 36 heavy (non-hydrogen) atoms. The topological polar surface area (TPSA) is 120 Å². The van der Waals surface area contributed by atoms with Gasteiger partial charge in [0.1, 0.15) is 0 Å². The Labute approximate surface area is 217 Å². The van der Waals surface area contributed by atoms with E-state index >= 15 is 0 Å². The van der Waals surface area contributed by atoms with Crippen LogP contribution in [-0.2, 0) is 35.6 Å². The molecule has 0 amide bonds. The number of sulfone groups is 1. The zero-order valence-corrected chi connectivity index (χ0v) is 22.9. The third kappa shape index (κ3) is 3.77. The van der Waals surface area contributed by atoms with Crippen LogP contribution in [0.2, 0.25) is 0 Å². The molecule has 0 saturated heterocycles. The second kappa shape index (κ2) is 8.50. The summed E-state index contributed by atoms with van der Waals surface area (Å²) < 4.78 is 32.7. The van der Waals surface area contributed by atoms with E-state index in [2.05, 4.69) is 20.4 Å². The van der Waals surface area contributed by atoms with Gasteiger partial charge in [0.2, 0.25) is 0 Å². The van der Waals surface area contributed by atoms with Crippen molar-refractivity contribution in [3.05, 3.63) is 78.1 Å². The maximum absolute atomic E-state index is 12.3. The van der Waals surface area contributed by atoms with E-state index in [1.165, 1.54) is 25.6 Å². The summed E-state index contributed by atoms with van der Waals surface area (Å²) in [7, 11) is -3.35. The van der Waals surface area contributed by atoms with Gasteiger partial charge in [0.25, 0.3) is 0 Å². The summed E-state index contributed by atoms with van der Waals surface area (Å²) >= 11 is 1.28. The van der Waals surface area contributed by atoms with E-state index in [9.17, 15) is 8.42 Å². The number of nitrogens with zero attached hydrogens (tertiary/aromatic N) is 5. The molecule has 5 aromatic rings. The van der Waals surface area contributed by atoms with Gasteiger partial charge in [-0.2, -0.15) is 0 Å². The Morgan fingerprint density at radius 2 is 1.78 bits per heavy atom. The van der Waals surface area contributed by atoms with Gasteiger partial charge >= 0.3 is 218 Å². The zero-order chi connectivity index (χ0) is 25.0. The van der Waals surface area contributed by atoms with Crippen molar-refractivity contribution < 1.29 is 32.3 Å². The van der Waals surface area contributed by atoms with Crippen LogP contribution in [0, 0.1) is 0 Å². The summed E-state index contributed by atoms with van der Waals surface area (Å²) in [5.74, 6) is 0.374. The Kier molecular flexibility index (Phi) is 5.39. The summed E-state index contributed by atoms with van der Waals surface area (Å²) in [4.78, 5) is 2.56. The molecule has 0 aliphatic carbocycles. The minimum atomic E-state index is -3.35. The summed E-state index contributed by atoms with van der Waals surface area (Å²) in [5, 5.41) is 13.5. The number of benzene rings is 3. The van der Waals surface area contributed by atoms with Gasteiger partial charge in [-0.05, 0) is 0 Å². The summed E-state index contributed by atoms with van der Waals surface area (Å²) in [6, 6.07) is 20.6. The molecule has 2 N–H and O–H groups in total. The van der Waals surface area contributed by atoms with E-state index in [0.29, 0.717) is 21.9 Å². The van der Waals surface area contributed by atoms with Crippen molar-refractivity contribution in [2.75, 3.05) is 23.4 Å². The molecule has 0 atom stereocenters. The zero-order valence-electron chi connectivity index (χ0n) is 19.1. The molecule has 2 aromatic heterocycles. The first-order valence-corrected chi connectivity index (χ1v) is 14.5. The predicted octanol–water partition coefficient (Wildman–Crippen LogP) is 3.15. The second-order valence-corrected chi connectivity index (χ2v) is 11.9. The van der Waals surface area contributed by atoms with Gasteiger partial charge in [-0.3, -0.25) is 0 Å². The van der Waals surface area contributed by atoms with Crippen LogP contribution < -0.4 is 10.6 Å². The van der Waals surface area contributed by atoms with Crippen molar-refractivity contribution in [3.8, 4) is 16.8 Å². The molecule has 0 saturated carbocycles. The van der Waals surface area contributed by atoms with Crippen LogP contribution in [0.25, 0.3) is 27.8 Å². The van der Waals surface area contributed by atoms with Crippen LogP contribution >= 0.6 is 0 Å². The predicted molar refractivity (Wildman–Crippen MR) is 133 cm³/mol. The number of hydrogen-bond donors (Lipinski definition) is 1. The van der Waals surface area contributed by atoms with Crippen molar-refractivity contribution in [2.24, 2.45) is 0 Å². The molecular weight excluding hydrogens is 648 g/mol. The first-order valence-electron chi connectivity index (χ1n) is 11.1. The third-order valence-electron chi connectivity index (χ3n) is 6.26. The van der Waals surface area contributed by atoms with Gasteiger partial charge in [-0.25, -0.2) is 0 Å². The van der Waals surface area contributed by atoms with Gasteiger partial charge in [0, 0.05) is 0 Å². The fourth-order valence-electron chi connectivity index (χ4n) is 4.49. The van der Waals surface area contributed by atoms with E-state index in [4.69, 9.17) is 10.3 Å². The molecule has 3 heterocycles. The first-order chi connectivity index (χ1) is 17.3. The van der Waals surface area contributed by atoms with Gasteiger partial charge in [0.05, 0.1) is 0 Å². The Hall–Kier alpha value is -3.62. The molecule has 0 unspecified atom stereocenters. The van der Waals surface area contributed by atoms with E-state index in [1.807, 2.05) is 59.3 Å². The molecule has 0 spiro atoms. The van der Waals surface area contributed by atoms with Crippen molar-refractivity contribution >= 4 is 36.3 Å². The number of aromatic nitrogens is 4. The molecule has 1 aliphatic heterocycles. The van der Waals surface area contributed by atoms with E-state index in [0.717, 1.165) is 50.7 Å². The van der Waals surface area contributed by atoms with Crippen LogP contribution in [0.5, 0.6) is 0 Å². The number of fused-ring (bicyclic) bond motifs is 2. The summed E-state index contributed by atoms with van der Waals surface area (Å²) in [6.07, 6.45) is 1.98. The van der Waals surface area contributed by atoms with Gasteiger partial charge in [-0.15, -0.1) is 0 Å². The normalized spacial score (nSPS) is 13.8. The van der Waals surface area contributed by atoms with Crippen molar-refractivity contribution in [1.29, 1.82) is 0 Å². The van der Waals surface area contributed by atoms with Crippen molar-refractivity contribution in [3.63, 3.8) is 0 Å². The molecule has 180 valence electrons. The molecule has 3 aromatic carbocycles. The van der Waals surface area contributed by atoms with Crippen LogP contribution in [0.3, 0.4) is 0 Å². The molecule has 11 heteroatoms. The Balaban J connectivity index is 1.36. The maximum atomic E-state index is 12.3. The average Bonchev–Trinajstić information content (AvgIpc) is 3.48. The SMILES string of the molecule is CS(=O)(=O)c1ccccc1-c1ccc(-n2nnc3c2[C](=[W])N(c2ccc4onc(N)c4c2)CC3)cc1. The van der Waals surface area contributed by atoms with Crippen molar-refractivity contribution in [1.82, 2.24) is 20.2 Å². The molecule has 1 aliphatic rings. The molecule has 9 nitrogen and oxygen atoms in total. The standard InChI is InChI=1S/C25H20N6O3S.W/c1-35(32,33)24-5-3-2-4-19(24)16-6-8-17(9-7-16)31-22-15-30(13-12-21(22)27-29-31)18-10-11-23-20(14-18)25(26)28-34-23;/h2-11,14H,12-13H2,1H3,(H2,26,28);. The third-order valence-corrected chi connectivity index (χ3v) is 8.90. The fraction of sp³-hybridized carbons (Fsp3) is 0.120. The van der Waals surface area contributed by atoms with Gasteiger partial charge in [-0.1, -0.05) is 0 Å². The number of nitrogens with two attached hydrogens (primary N) is 1. The van der Waals surface area contributed by atoms with Gasteiger partial charge < -0.3 is 0 Å². The molecule has 0 radical (unpaired) electrons. The number of hydrogen-bond acceptors (Lipinski definition) is 8. The molecule has 6 rings (SSSR count). The average molecular weight is 668 g/mol. The van der Waals surface area contributed by atoms with E-state index < -0.39 is 9.84 Å². The minimum absolute atomic E-state index is 0.310. The van der Waals surface area contributed by atoms with Crippen LogP contribution in [-0.4, -0.2) is 45.4 Å². The summed E-state index contributed by atoms with van der Waals surface area (Å²) in [5.41, 5.74) is 11.9. The summed E-state index contributed by atoms with van der Waals surface area (Å²) in [6.45, 7) is 0.780. The molecular formula is C25H20N6O3SW. The molecule has 0 bridgehead atoms. The Bertz CT molecular complexity index is 1760. The number of anilines is 2. The quantitative estimate of drug-likeness (QED) is 0.311. The number of nitrogen functional groups attached to an aromatic ring is 1. The number of rotatable bonds is 4. The van der Waals surface area contributed by atoms with Crippen molar-refractivity contribution in [2.45, 2.75) is 11.3 Å². The van der Waals surface area contributed by atoms with Crippen LogP contribution in [0.15, 0.2) is 76.1 Å². The van der Waals surface area contributed by atoms with E-state index in [-0.39, 0.29) is 0 Å². The van der Waals surface area contributed by atoms with Crippen LogP contribution in [0.1, 0.15) is 11.4 Å². The van der Waals surface area contributed by atoms with Gasteiger partial charge in [0.15, 0.2) is 0 Å². The first kappa shape index (κ1) is 22.8. The monoisotopic (exact) mass is 668 g/mol. The van der Waals surface area contributed by atoms with E-state index in [1.54, 1.807) is 12.1 Å². The fourth-order valence-corrected chi connectivity index (χ4v) is 6.85. The Morgan fingerprint density at radius 3 is 2.56 bits per heavy atom. The Morgan fingerprint density at radius 1 is 1.03 bits per heavy atom. The molecule has 0 fully saturated rings. The van der Waals surface area contributed by atoms with Crippen LogP contribution in [0.4, 0.5) is 11.5 Å².